The first-order valence-corrected chi connectivity index (χ1v) is 7.52. The third-order valence-corrected chi connectivity index (χ3v) is 4.19. The van der Waals surface area contributed by atoms with Gasteiger partial charge in [-0.25, -0.2) is 0 Å². The van der Waals surface area contributed by atoms with Crippen molar-refractivity contribution in [2.45, 2.75) is 26.0 Å². The van der Waals surface area contributed by atoms with Crippen LogP contribution in [0.3, 0.4) is 0 Å². The fraction of sp³-hybridized carbons (Fsp3) is 0.583. The summed E-state index contributed by atoms with van der Waals surface area (Å²) in [7, 11) is 1.80. The third-order valence-electron chi connectivity index (χ3n) is 2.51. The Hall–Kier alpha value is -0.430. The molecule has 0 aliphatic rings. The van der Waals surface area contributed by atoms with Crippen LogP contribution in [-0.2, 0) is 16.1 Å². The standard InChI is InChI=1S/C12H19BrN2O2S/c1-3-17-10(6-14)5-12(16)15(2)7-11-4-9(13)8-18-11/h4,8,10H,3,5-7,14H2,1-2H3. The van der Waals surface area contributed by atoms with Gasteiger partial charge in [-0.05, 0) is 28.9 Å². The topological polar surface area (TPSA) is 55.6 Å². The molecule has 1 rings (SSSR count). The van der Waals surface area contributed by atoms with E-state index >= 15 is 0 Å². The van der Waals surface area contributed by atoms with Crippen molar-refractivity contribution in [3.8, 4) is 0 Å². The van der Waals surface area contributed by atoms with E-state index in [1.54, 1.807) is 23.3 Å². The lowest BCUT2D eigenvalue weighted by Gasteiger charge is -2.20. The molecule has 6 heteroatoms. The van der Waals surface area contributed by atoms with Crippen LogP contribution in [0.25, 0.3) is 0 Å². The van der Waals surface area contributed by atoms with Crippen molar-refractivity contribution >= 4 is 33.2 Å². The number of carbonyl (C=O) groups is 1. The van der Waals surface area contributed by atoms with E-state index in [4.69, 9.17) is 10.5 Å². The van der Waals surface area contributed by atoms with Crippen molar-refractivity contribution in [2.75, 3.05) is 20.2 Å². The highest BCUT2D eigenvalue weighted by Crippen LogP contribution is 2.21. The van der Waals surface area contributed by atoms with Crippen LogP contribution < -0.4 is 5.73 Å². The number of rotatable bonds is 7. The van der Waals surface area contributed by atoms with E-state index in [9.17, 15) is 4.79 Å². The lowest BCUT2D eigenvalue weighted by atomic mass is 10.2. The highest BCUT2D eigenvalue weighted by Gasteiger charge is 2.16. The lowest BCUT2D eigenvalue weighted by molar-refractivity contribution is -0.133. The van der Waals surface area contributed by atoms with E-state index in [0.717, 1.165) is 9.35 Å². The molecule has 4 nitrogen and oxygen atoms in total. The molecule has 0 saturated carbocycles. The highest BCUT2D eigenvalue weighted by molar-refractivity contribution is 9.10. The largest absolute Gasteiger partial charge is 0.377 e. The maximum Gasteiger partial charge on any atom is 0.225 e. The average molecular weight is 335 g/mol. The van der Waals surface area contributed by atoms with Gasteiger partial charge in [0.2, 0.25) is 5.91 Å². The Morgan fingerprint density at radius 3 is 2.89 bits per heavy atom. The minimum Gasteiger partial charge on any atom is -0.377 e. The molecule has 2 N–H and O–H groups in total. The minimum absolute atomic E-state index is 0.0587. The Morgan fingerprint density at radius 2 is 2.39 bits per heavy atom. The first-order valence-electron chi connectivity index (χ1n) is 5.85. The zero-order valence-electron chi connectivity index (χ0n) is 10.7. The summed E-state index contributed by atoms with van der Waals surface area (Å²) in [5.41, 5.74) is 5.56. The second-order valence-electron chi connectivity index (χ2n) is 4.00. The number of nitrogens with two attached hydrogens (primary N) is 1. The van der Waals surface area contributed by atoms with Crippen LogP contribution in [0.2, 0.25) is 0 Å². The summed E-state index contributed by atoms with van der Waals surface area (Å²) in [4.78, 5) is 14.8. The number of carbonyl (C=O) groups excluding carboxylic acids is 1. The van der Waals surface area contributed by atoms with Crippen LogP contribution in [-0.4, -0.2) is 37.1 Å². The highest BCUT2D eigenvalue weighted by atomic mass is 79.9. The van der Waals surface area contributed by atoms with Gasteiger partial charge in [-0.3, -0.25) is 4.79 Å². The van der Waals surface area contributed by atoms with E-state index in [0.29, 0.717) is 26.1 Å². The normalized spacial score (nSPS) is 12.4. The summed E-state index contributed by atoms with van der Waals surface area (Å²) in [5, 5.41) is 2.01. The monoisotopic (exact) mass is 334 g/mol. The van der Waals surface area contributed by atoms with Crippen LogP contribution in [0.1, 0.15) is 18.2 Å². The van der Waals surface area contributed by atoms with Crippen LogP contribution >= 0.6 is 27.3 Å². The van der Waals surface area contributed by atoms with Crippen LogP contribution in [0.4, 0.5) is 0 Å². The Balaban J connectivity index is 2.45. The van der Waals surface area contributed by atoms with Crippen molar-refractivity contribution in [1.29, 1.82) is 0 Å². The molecule has 0 aliphatic heterocycles. The Bertz CT molecular complexity index is 384. The van der Waals surface area contributed by atoms with E-state index < -0.39 is 0 Å². The van der Waals surface area contributed by atoms with Crippen LogP contribution in [0.15, 0.2) is 15.9 Å². The molecule has 0 fully saturated rings. The molecule has 0 spiro atoms. The van der Waals surface area contributed by atoms with Crippen LogP contribution in [0.5, 0.6) is 0 Å². The predicted molar refractivity (Wildman–Crippen MR) is 77.6 cm³/mol. The van der Waals surface area contributed by atoms with Gasteiger partial charge in [0, 0.05) is 34.9 Å². The molecule has 102 valence electrons. The second kappa shape index (κ2) is 7.89. The first kappa shape index (κ1) is 15.6. The number of hydrogen-bond donors (Lipinski definition) is 1. The molecule has 0 aliphatic carbocycles. The molecule has 1 unspecified atom stereocenters. The summed E-state index contributed by atoms with van der Waals surface area (Å²) < 4.78 is 6.44. The van der Waals surface area contributed by atoms with Gasteiger partial charge in [0.1, 0.15) is 0 Å². The zero-order chi connectivity index (χ0) is 13.5. The Kier molecular flexibility index (Phi) is 6.85. The number of hydrogen-bond acceptors (Lipinski definition) is 4. The van der Waals surface area contributed by atoms with Crippen molar-refractivity contribution in [3.63, 3.8) is 0 Å². The van der Waals surface area contributed by atoms with Crippen molar-refractivity contribution in [1.82, 2.24) is 4.90 Å². The maximum atomic E-state index is 12.0. The van der Waals surface area contributed by atoms with E-state index in [-0.39, 0.29) is 12.0 Å². The summed E-state index contributed by atoms with van der Waals surface area (Å²) in [6.07, 6.45) is 0.160. The van der Waals surface area contributed by atoms with E-state index in [1.807, 2.05) is 18.4 Å². The number of halogens is 1. The van der Waals surface area contributed by atoms with Gasteiger partial charge in [-0.15, -0.1) is 11.3 Å². The molecule has 0 bridgehead atoms. The smallest absolute Gasteiger partial charge is 0.225 e. The Labute approximate surface area is 120 Å². The third kappa shape index (κ3) is 5.06. The molecule has 18 heavy (non-hydrogen) atoms. The molecule has 1 aromatic rings. The van der Waals surface area contributed by atoms with Gasteiger partial charge in [0.25, 0.3) is 0 Å². The first-order chi connectivity index (χ1) is 8.56. The van der Waals surface area contributed by atoms with Gasteiger partial charge in [0.15, 0.2) is 0 Å². The van der Waals surface area contributed by atoms with Gasteiger partial charge in [-0.2, -0.15) is 0 Å². The molecule has 0 saturated heterocycles. The molecular formula is C12H19BrN2O2S. The van der Waals surface area contributed by atoms with Crippen molar-refractivity contribution < 1.29 is 9.53 Å². The van der Waals surface area contributed by atoms with Crippen molar-refractivity contribution in [3.05, 3.63) is 20.8 Å². The average Bonchev–Trinajstić information content (AvgIpc) is 2.73. The molecular weight excluding hydrogens is 316 g/mol. The maximum absolute atomic E-state index is 12.0. The van der Waals surface area contributed by atoms with Gasteiger partial charge >= 0.3 is 0 Å². The SMILES string of the molecule is CCOC(CN)CC(=O)N(C)Cc1cc(Br)cs1. The lowest BCUT2D eigenvalue weighted by Crippen LogP contribution is -2.33. The van der Waals surface area contributed by atoms with Crippen molar-refractivity contribution in [2.24, 2.45) is 5.73 Å². The minimum atomic E-state index is -0.181. The van der Waals surface area contributed by atoms with E-state index in [2.05, 4.69) is 15.9 Å². The number of ether oxygens (including phenoxy) is 1. The number of nitrogens with zero attached hydrogens (tertiary/aromatic N) is 1. The molecule has 1 atom stereocenters. The van der Waals surface area contributed by atoms with Gasteiger partial charge < -0.3 is 15.4 Å². The molecule has 1 aromatic heterocycles. The predicted octanol–water partition coefficient (Wildman–Crippen LogP) is 2.22. The summed E-state index contributed by atoms with van der Waals surface area (Å²) in [5.74, 6) is 0.0587. The molecule has 1 amide bonds. The molecule has 1 heterocycles. The van der Waals surface area contributed by atoms with Gasteiger partial charge in [0.05, 0.1) is 19.1 Å². The summed E-state index contributed by atoms with van der Waals surface area (Å²) >= 11 is 5.04. The summed E-state index contributed by atoms with van der Waals surface area (Å²) in [6.45, 7) is 3.48. The quantitative estimate of drug-likeness (QED) is 0.831. The fourth-order valence-corrected chi connectivity index (χ4v) is 3.06. The van der Waals surface area contributed by atoms with Crippen LogP contribution in [0, 0.1) is 0 Å². The zero-order valence-corrected chi connectivity index (χ0v) is 13.1. The van der Waals surface area contributed by atoms with E-state index in [1.165, 1.54) is 0 Å². The molecule has 0 aromatic carbocycles. The number of thiophene rings is 1. The van der Waals surface area contributed by atoms with Gasteiger partial charge in [-0.1, -0.05) is 0 Å². The fourth-order valence-electron chi connectivity index (χ4n) is 1.56. The Morgan fingerprint density at radius 1 is 1.67 bits per heavy atom. The summed E-state index contributed by atoms with van der Waals surface area (Å²) in [6, 6.07) is 2.03. The second-order valence-corrected chi connectivity index (χ2v) is 5.91. The number of amides is 1. The molecule has 0 radical (unpaired) electrons.